The summed E-state index contributed by atoms with van der Waals surface area (Å²) in [5, 5.41) is 11.8. The van der Waals surface area contributed by atoms with E-state index in [1.165, 1.54) is 6.07 Å². The van der Waals surface area contributed by atoms with Crippen molar-refractivity contribution in [2.45, 2.75) is 32.8 Å². The van der Waals surface area contributed by atoms with Crippen molar-refractivity contribution in [1.29, 1.82) is 0 Å². The van der Waals surface area contributed by atoms with Gasteiger partial charge in [0.05, 0.1) is 6.10 Å². The lowest BCUT2D eigenvalue weighted by Crippen LogP contribution is -2.09. The van der Waals surface area contributed by atoms with Gasteiger partial charge in [0.2, 0.25) is 0 Å². The first-order valence-corrected chi connectivity index (χ1v) is 6.50. The van der Waals surface area contributed by atoms with Gasteiger partial charge < -0.3 is 5.11 Å². The van der Waals surface area contributed by atoms with E-state index in [0.29, 0.717) is 5.39 Å². The number of halogens is 1. The van der Waals surface area contributed by atoms with Crippen LogP contribution in [-0.2, 0) is 0 Å². The summed E-state index contributed by atoms with van der Waals surface area (Å²) in [4.78, 5) is 0. The Morgan fingerprint density at radius 2 is 1.78 bits per heavy atom. The molecule has 2 atom stereocenters. The Bertz CT molecular complexity index is 536. The monoisotopic (exact) mass is 246 g/mol. The topological polar surface area (TPSA) is 20.2 Å². The van der Waals surface area contributed by atoms with E-state index in [2.05, 4.69) is 6.92 Å². The fourth-order valence-corrected chi connectivity index (χ4v) is 2.46. The second-order valence-corrected chi connectivity index (χ2v) is 4.89. The van der Waals surface area contributed by atoms with E-state index < -0.39 is 6.10 Å². The lowest BCUT2D eigenvalue weighted by Gasteiger charge is -2.20. The average Bonchev–Trinajstić information content (AvgIpc) is 2.39. The largest absolute Gasteiger partial charge is 0.388 e. The molecule has 2 heteroatoms. The van der Waals surface area contributed by atoms with Crippen LogP contribution < -0.4 is 0 Å². The summed E-state index contributed by atoms with van der Waals surface area (Å²) < 4.78 is 13.7. The van der Waals surface area contributed by atoms with Crippen LogP contribution in [0.3, 0.4) is 0 Å². The van der Waals surface area contributed by atoms with Gasteiger partial charge in [-0.25, -0.2) is 4.39 Å². The van der Waals surface area contributed by atoms with Gasteiger partial charge in [-0.15, -0.1) is 0 Å². The molecule has 0 bridgehead atoms. The predicted octanol–water partition coefficient (Wildman–Crippen LogP) is 4.45. The summed E-state index contributed by atoms with van der Waals surface area (Å²) in [6.45, 7) is 4.14. The van der Waals surface area contributed by atoms with Gasteiger partial charge in [0.15, 0.2) is 0 Å². The van der Waals surface area contributed by atoms with Gasteiger partial charge in [-0.3, -0.25) is 0 Å². The van der Waals surface area contributed by atoms with Crippen molar-refractivity contribution < 1.29 is 9.50 Å². The minimum Gasteiger partial charge on any atom is -0.388 e. The molecule has 2 aromatic rings. The normalized spacial score (nSPS) is 14.7. The quantitative estimate of drug-likeness (QED) is 0.845. The smallest absolute Gasteiger partial charge is 0.131 e. The zero-order valence-corrected chi connectivity index (χ0v) is 10.9. The number of hydrogen-bond donors (Lipinski definition) is 1. The molecule has 96 valence electrons. The minimum absolute atomic E-state index is 0.184. The highest BCUT2D eigenvalue weighted by molar-refractivity contribution is 5.86. The third-order valence-electron chi connectivity index (χ3n) is 3.51. The number of aliphatic hydroxyl groups is 1. The molecule has 2 unspecified atom stereocenters. The van der Waals surface area contributed by atoms with Gasteiger partial charge in [0.1, 0.15) is 5.82 Å². The summed E-state index contributed by atoms with van der Waals surface area (Å²) in [7, 11) is 0. The van der Waals surface area contributed by atoms with Crippen molar-refractivity contribution in [2.75, 3.05) is 0 Å². The molecule has 1 N–H and O–H groups in total. The third-order valence-corrected chi connectivity index (χ3v) is 3.51. The summed E-state index contributed by atoms with van der Waals surface area (Å²) in [5.74, 6) is -0.0476. The Morgan fingerprint density at radius 3 is 2.44 bits per heavy atom. The maximum atomic E-state index is 13.7. The molecule has 2 rings (SSSR count). The van der Waals surface area contributed by atoms with Crippen molar-refractivity contribution in [3.63, 3.8) is 0 Å². The molecule has 18 heavy (non-hydrogen) atoms. The van der Waals surface area contributed by atoms with E-state index in [1.807, 2.05) is 25.1 Å². The van der Waals surface area contributed by atoms with Crippen LogP contribution in [-0.4, -0.2) is 5.11 Å². The van der Waals surface area contributed by atoms with E-state index >= 15 is 0 Å². The molecule has 0 aromatic heterocycles. The molecule has 0 aliphatic carbocycles. The summed E-state index contributed by atoms with van der Waals surface area (Å²) in [6, 6.07) is 10.5. The van der Waals surface area contributed by atoms with Gasteiger partial charge in [-0.05, 0) is 29.4 Å². The molecule has 0 saturated heterocycles. The zero-order chi connectivity index (χ0) is 13.1. The second-order valence-electron chi connectivity index (χ2n) is 4.89. The highest BCUT2D eigenvalue weighted by atomic mass is 19.1. The van der Waals surface area contributed by atoms with Gasteiger partial charge in [0.25, 0.3) is 0 Å². The first-order valence-electron chi connectivity index (χ1n) is 6.50. The van der Waals surface area contributed by atoms with E-state index in [9.17, 15) is 9.50 Å². The Labute approximate surface area is 107 Å². The highest BCUT2D eigenvalue weighted by Gasteiger charge is 2.18. The molecular formula is C16H19FO. The van der Waals surface area contributed by atoms with Crippen molar-refractivity contribution in [1.82, 2.24) is 0 Å². The first-order chi connectivity index (χ1) is 8.65. The van der Waals surface area contributed by atoms with Crippen molar-refractivity contribution in [2.24, 2.45) is 5.92 Å². The maximum absolute atomic E-state index is 13.7. The van der Waals surface area contributed by atoms with Gasteiger partial charge in [0, 0.05) is 5.39 Å². The number of hydrogen-bond acceptors (Lipinski definition) is 1. The molecule has 0 amide bonds. The number of benzene rings is 2. The number of rotatable bonds is 4. The molecule has 0 fully saturated rings. The molecule has 0 radical (unpaired) electrons. The van der Waals surface area contributed by atoms with Crippen LogP contribution in [0.25, 0.3) is 10.8 Å². The van der Waals surface area contributed by atoms with E-state index in [-0.39, 0.29) is 11.7 Å². The number of fused-ring (bicyclic) bond motifs is 1. The minimum atomic E-state index is -0.532. The van der Waals surface area contributed by atoms with Crippen LogP contribution in [0.4, 0.5) is 4.39 Å². The highest BCUT2D eigenvalue weighted by Crippen LogP contribution is 2.31. The van der Waals surface area contributed by atoms with Crippen LogP contribution >= 0.6 is 0 Å². The Kier molecular flexibility index (Phi) is 3.97. The zero-order valence-electron chi connectivity index (χ0n) is 10.9. The number of aliphatic hydroxyl groups excluding tert-OH is 1. The van der Waals surface area contributed by atoms with Gasteiger partial charge in [-0.1, -0.05) is 50.6 Å². The van der Waals surface area contributed by atoms with E-state index in [4.69, 9.17) is 0 Å². The SMILES string of the molecule is CCCC(C)C(O)c1ccc(F)c2ccccc12. The fraction of sp³-hybridized carbons (Fsp3) is 0.375. The van der Waals surface area contributed by atoms with Gasteiger partial charge >= 0.3 is 0 Å². The molecule has 0 aliphatic heterocycles. The van der Waals surface area contributed by atoms with Gasteiger partial charge in [-0.2, -0.15) is 0 Å². The Balaban J connectivity index is 2.48. The Morgan fingerprint density at radius 1 is 1.11 bits per heavy atom. The molecule has 1 nitrogen and oxygen atoms in total. The first kappa shape index (κ1) is 13.0. The molecular weight excluding hydrogens is 227 g/mol. The van der Waals surface area contributed by atoms with Crippen LogP contribution in [0.5, 0.6) is 0 Å². The molecule has 0 aliphatic rings. The molecule has 2 aromatic carbocycles. The van der Waals surface area contributed by atoms with Crippen molar-refractivity contribution in [3.05, 3.63) is 47.8 Å². The molecule has 0 spiro atoms. The van der Waals surface area contributed by atoms with Crippen LogP contribution in [0.2, 0.25) is 0 Å². The van der Waals surface area contributed by atoms with Crippen LogP contribution in [0, 0.1) is 11.7 Å². The predicted molar refractivity (Wildman–Crippen MR) is 72.9 cm³/mol. The summed E-state index contributed by atoms with van der Waals surface area (Å²) in [6.07, 6.45) is 1.47. The molecule has 0 saturated carbocycles. The fourth-order valence-electron chi connectivity index (χ4n) is 2.46. The standard InChI is InChI=1S/C16H19FO/c1-3-6-11(2)16(18)14-9-10-15(17)13-8-5-4-7-12(13)14/h4-5,7-11,16,18H,3,6H2,1-2H3. The average molecular weight is 246 g/mol. The third kappa shape index (κ3) is 2.39. The maximum Gasteiger partial charge on any atom is 0.131 e. The van der Waals surface area contributed by atoms with E-state index in [1.54, 1.807) is 12.1 Å². The Hall–Kier alpha value is -1.41. The lowest BCUT2D eigenvalue weighted by atomic mass is 9.90. The van der Waals surface area contributed by atoms with Crippen LogP contribution in [0.1, 0.15) is 38.4 Å². The molecule has 0 heterocycles. The lowest BCUT2D eigenvalue weighted by molar-refractivity contribution is 0.113. The summed E-state index contributed by atoms with van der Waals surface area (Å²) in [5.41, 5.74) is 0.827. The van der Waals surface area contributed by atoms with E-state index in [0.717, 1.165) is 23.8 Å². The van der Waals surface area contributed by atoms with Crippen molar-refractivity contribution in [3.8, 4) is 0 Å². The van der Waals surface area contributed by atoms with Crippen molar-refractivity contribution >= 4 is 10.8 Å². The second kappa shape index (κ2) is 5.49. The van der Waals surface area contributed by atoms with Crippen LogP contribution in [0.15, 0.2) is 36.4 Å². The summed E-state index contributed by atoms with van der Waals surface area (Å²) >= 11 is 0.